The Morgan fingerprint density at radius 1 is 1.58 bits per heavy atom. The number of hydrogen-bond acceptors (Lipinski definition) is 2. The van der Waals surface area contributed by atoms with Crippen molar-refractivity contribution < 1.29 is 9.90 Å². The second kappa shape index (κ2) is 3.34. The zero-order chi connectivity index (χ0) is 9.14. The van der Waals surface area contributed by atoms with Gasteiger partial charge in [0.05, 0.1) is 0 Å². The number of pyridine rings is 1. The molecule has 1 rings (SSSR count). The van der Waals surface area contributed by atoms with Gasteiger partial charge in [-0.15, -0.1) is 0 Å². The summed E-state index contributed by atoms with van der Waals surface area (Å²) < 4.78 is 0. The van der Waals surface area contributed by atoms with E-state index in [4.69, 9.17) is 5.11 Å². The van der Waals surface area contributed by atoms with Crippen LogP contribution in [0.4, 0.5) is 0 Å². The maximum Gasteiger partial charge on any atom is 0.354 e. The summed E-state index contributed by atoms with van der Waals surface area (Å²) in [5.74, 6) is -0.636. The van der Waals surface area contributed by atoms with Crippen molar-refractivity contribution in [3.63, 3.8) is 0 Å². The molecule has 64 valence electrons. The monoisotopic (exact) mass is 165 g/mol. The van der Waals surface area contributed by atoms with Crippen molar-refractivity contribution in [2.75, 3.05) is 0 Å². The van der Waals surface area contributed by atoms with Gasteiger partial charge < -0.3 is 5.11 Å². The van der Waals surface area contributed by atoms with Crippen molar-refractivity contribution in [3.05, 3.63) is 29.6 Å². The van der Waals surface area contributed by atoms with E-state index in [1.54, 1.807) is 6.07 Å². The largest absolute Gasteiger partial charge is 0.477 e. The molecule has 0 fully saturated rings. The summed E-state index contributed by atoms with van der Waals surface area (Å²) in [4.78, 5) is 14.2. The minimum Gasteiger partial charge on any atom is -0.477 e. The van der Waals surface area contributed by atoms with Gasteiger partial charge in [0.1, 0.15) is 5.69 Å². The molecular formula is C9H11NO2. The Morgan fingerprint density at radius 2 is 2.25 bits per heavy atom. The number of rotatable bonds is 2. The smallest absolute Gasteiger partial charge is 0.354 e. The van der Waals surface area contributed by atoms with Gasteiger partial charge in [-0.1, -0.05) is 13.8 Å². The fourth-order valence-corrected chi connectivity index (χ4v) is 0.923. The molecule has 0 aliphatic rings. The maximum absolute atomic E-state index is 10.5. The lowest BCUT2D eigenvalue weighted by Gasteiger charge is -2.04. The Labute approximate surface area is 71.1 Å². The molecule has 0 amide bonds. The lowest BCUT2D eigenvalue weighted by Crippen LogP contribution is -2.01. The summed E-state index contributed by atoms with van der Waals surface area (Å²) in [6.07, 6.45) is 1.53. The van der Waals surface area contributed by atoms with Crippen LogP contribution in [0.5, 0.6) is 0 Å². The van der Waals surface area contributed by atoms with Crippen LogP contribution in [0.25, 0.3) is 0 Å². The fourth-order valence-electron chi connectivity index (χ4n) is 0.923. The first-order valence-corrected chi connectivity index (χ1v) is 3.80. The van der Waals surface area contributed by atoms with Crippen molar-refractivity contribution in [1.82, 2.24) is 4.98 Å². The van der Waals surface area contributed by atoms with Gasteiger partial charge in [-0.3, -0.25) is 0 Å². The Balaban J connectivity index is 3.04. The summed E-state index contributed by atoms with van der Waals surface area (Å²) in [6, 6.07) is 3.43. The van der Waals surface area contributed by atoms with E-state index in [1.807, 2.05) is 19.9 Å². The molecule has 1 aromatic heterocycles. The second-order valence-electron chi connectivity index (χ2n) is 2.93. The van der Waals surface area contributed by atoms with Crippen LogP contribution in [0.2, 0.25) is 0 Å². The van der Waals surface area contributed by atoms with E-state index < -0.39 is 5.97 Å². The van der Waals surface area contributed by atoms with Crippen molar-refractivity contribution in [2.45, 2.75) is 19.8 Å². The van der Waals surface area contributed by atoms with Crippen molar-refractivity contribution in [3.8, 4) is 0 Å². The van der Waals surface area contributed by atoms with Crippen LogP contribution in [-0.2, 0) is 0 Å². The first-order chi connectivity index (χ1) is 5.61. The van der Waals surface area contributed by atoms with E-state index in [0.717, 1.165) is 5.56 Å². The highest BCUT2D eigenvalue weighted by molar-refractivity contribution is 5.85. The third-order valence-corrected chi connectivity index (χ3v) is 1.67. The highest BCUT2D eigenvalue weighted by Gasteiger charge is 2.06. The van der Waals surface area contributed by atoms with Gasteiger partial charge in [0.25, 0.3) is 0 Å². The van der Waals surface area contributed by atoms with Crippen LogP contribution in [0, 0.1) is 0 Å². The van der Waals surface area contributed by atoms with Gasteiger partial charge in [0.2, 0.25) is 0 Å². The Hall–Kier alpha value is -1.38. The van der Waals surface area contributed by atoms with E-state index >= 15 is 0 Å². The summed E-state index contributed by atoms with van der Waals surface area (Å²) >= 11 is 0. The minimum absolute atomic E-state index is 0.112. The first-order valence-electron chi connectivity index (χ1n) is 3.80. The summed E-state index contributed by atoms with van der Waals surface area (Å²) in [5.41, 5.74) is 1.11. The summed E-state index contributed by atoms with van der Waals surface area (Å²) in [5, 5.41) is 8.63. The highest BCUT2D eigenvalue weighted by atomic mass is 16.4. The average molecular weight is 165 g/mol. The Morgan fingerprint density at radius 3 is 2.75 bits per heavy atom. The number of carboxylic acid groups (broad SMARTS) is 1. The predicted molar refractivity (Wildman–Crippen MR) is 45.3 cm³/mol. The van der Waals surface area contributed by atoms with Crippen LogP contribution < -0.4 is 0 Å². The molecule has 0 aliphatic carbocycles. The zero-order valence-electron chi connectivity index (χ0n) is 7.11. The lowest BCUT2D eigenvalue weighted by atomic mass is 10.0. The van der Waals surface area contributed by atoms with E-state index in [9.17, 15) is 4.79 Å². The molecular weight excluding hydrogens is 154 g/mol. The molecule has 12 heavy (non-hydrogen) atoms. The molecule has 1 N–H and O–H groups in total. The topological polar surface area (TPSA) is 50.2 Å². The van der Waals surface area contributed by atoms with Gasteiger partial charge in [-0.25, -0.2) is 9.78 Å². The molecule has 0 aromatic carbocycles. The number of carbonyl (C=O) groups is 1. The number of hydrogen-bond donors (Lipinski definition) is 1. The van der Waals surface area contributed by atoms with Crippen LogP contribution in [0.1, 0.15) is 35.8 Å². The number of aromatic nitrogens is 1. The third kappa shape index (κ3) is 1.81. The van der Waals surface area contributed by atoms with Crippen LogP contribution in [-0.4, -0.2) is 16.1 Å². The minimum atomic E-state index is -0.975. The summed E-state index contributed by atoms with van der Waals surface area (Å²) in [7, 11) is 0. The quantitative estimate of drug-likeness (QED) is 0.728. The van der Waals surface area contributed by atoms with Gasteiger partial charge in [0.15, 0.2) is 0 Å². The molecule has 1 aromatic rings. The second-order valence-corrected chi connectivity index (χ2v) is 2.93. The number of aromatic carboxylic acids is 1. The molecule has 0 spiro atoms. The van der Waals surface area contributed by atoms with E-state index in [2.05, 4.69) is 4.98 Å². The van der Waals surface area contributed by atoms with Crippen molar-refractivity contribution in [1.29, 1.82) is 0 Å². The molecule has 0 saturated carbocycles. The normalized spacial score (nSPS) is 10.2. The number of nitrogens with zero attached hydrogens (tertiary/aromatic N) is 1. The molecule has 0 atom stereocenters. The fraction of sp³-hybridized carbons (Fsp3) is 0.333. The lowest BCUT2D eigenvalue weighted by molar-refractivity contribution is 0.0690. The van der Waals surface area contributed by atoms with Crippen LogP contribution >= 0.6 is 0 Å². The molecule has 1 heterocycles. The molecule has 3 heteroatoms. The average Bonchev–Trinajstić information content (AvgIpc) is 2.04. The van der Waals surface area contributed by atoms with Crippen molar-refractivity contribution >= 4 is 5.97 Å². The van der Waals surface area contributed by atoms with Gasteiger partial charge in [-0.05, 0) is 23.6 Å². The van der Waals surface area contributed by atoms with Crippen LogP contribution in [0.3, 0.4) is 0 Å². The molecule has 0 radical (unpaired) electrons. The maximum atomic E-state index is 10.5. The predicted octanol–water partition coefficient (Wildman–Crippen LogP) is 1.90. The van der Waals surface area contributed by atoms with E-state index in [0.29, 0.717) is 5.92 Å². The van der Waals surface area contributed by atoms with E-state index in [-0.39, 0.29) is 5.69 Å². The number of carboxylic acids is 1. The molecule has 0 bridgehead atoms. The molecule has 0 aliphatic heterocycles. The SMILES string of the molecule is CC(C)c1ccnc(C(=O)O)c1. The van der Waals surface area contributed by atoms with E-state index in [1.165, 1.54) is 6.20 Å². The highest BCUT2D eigenvalue weighted by Crippen LogP contribution is 2.13. The first kappa shape index (κ1) is 8.71. The molecule has 0 saturated heterocycles. The van der Waals surface area contributed by atoms with Crippen LogP contribution in [0.15, 0.2) is 18.3 Å². The molecule has 3 nitrogen and oxygen atoms in total. The Kier molecular flexibility index (Phi) is 2.43. The molecule has 0 unspecified atom stereocenters. The zero-order valence-corrected chi connectivity index (χ0v) is 7.11. The summed E-state index contributed by atoms with van der Waals surface area (Å²) in [6.45, 7) is 4.03. The third-order valence-electron chi connectivity index (χ3n) is 1.67. The Bertz CT molecular complexity index is 294. The van der Waals surface area contributed by atoms with Crippen molar-refractivity contribution in [2.24, 2.45) is 0 Å². The van der Waals surface area contributed by atoms with Gasteiger partial charge >= 0.3 is 5.97 Å². The van der Waals surface area contributed by atoms with Gasteiger partial charge in [0, 0.05) is 6.20 Å². The van der Waals surface area contributed by atoms with Gasteiger partial charge in [-0.2, -0.15) is 0 Å². The standard InChI is InChI=1S/C9H11NO2/c1-6(2)7-3-4-10-8(5-7)9(11)12/h3-6H,1-2H3,(H,11,12).